The van der Waals surface area contributed by atoms with Gasteiger partial charge in [-0.2, -0.15) is 8.42 Å². The third-order valence-electron chi connectivity index (χ3n) is 2.63. The van der Waals surface area contributed by atoms with Crippen LogP contribution in [0.15, 0.2) is 0 Å². The summed E-state index contributed by atoms with van der Waals surface area (Å²) in [7, 11) is -3.32. The van der Waals surface area contributed by atoms with Crippen molar-refractivity contribution in [1.82, 2.24) is 4.90 Å². The lowest BCUT2D eigenvalue weighted by Gasteiger charge is -2.28. The first-order valence-corrected chi connectivity index (χ1v) is 6.56. The fourth-order valence-electron chi connectivity index (χ4n) is 2.10. The van der Waals surface area contributed by atoms with Gasteiger partial charge in [-0.1, -0.05) is 0 Å². The zero-order chi connectivity index (χ0) is 10.2. The topological polar surface area (TPSA) is 55.8 Å². The molecule has 2 fully saturated rings. The van der Waals surface area contributed by atoms with E-state index in [0.717, 1.165) is 25.8 Å². The van der Waals surface area contributed by atoms with Gasteiger partial charge in [0, 0.05) is 19.1 Å². The van der Waals surface area contributed by atoms with Crippen LogP contribution in [0.5, 0.6) is 0 Å². The Bertz CT molecular complexity index is 288. The lowest BCUT2D eigenvalue weighted by molar-refractivity contribution is 0.0126. The fraction of sp³-hybridized carbons (Fsp3) is 1.00. The Hall–Kier alpha value is -0.170. The summed E-state index contributed by atoms with van der Waals surface area (Å²) in [5, 5.41) is 0. The molecule has 2 saturated heterocycles. The molecular formula is C8H15NO4S. The van der Waals surface area contributed by atoms with E-state index in [0.29, 0.717) is 19.2 Å². The molecule has 0 aromatic heterocycles. The smallest absolute Gasteiger partial charge is 0.264 e. The van der Waals surface area contributed by atoms with Gasteiger partial charge in [-0.15, -0.1) is 0 Å². The van der Waals surface area contributed by atoms with Crippen molar-refractivity contribution in [3.8, 4) is 0 Å². The second-order valence-corrected chi connectivity index (χ2v) is 5.48. The molecule has 0 radical (unpaired) electrons. The number of nitrogens with zero attached hydrogens (tertiary/aromatic N) is 1. The molecule has 2 aliphatic rings. The zero-order valence-corrected chi connectivity index (χ0v) is 9.00. The van der Waals surface area contributed by atoms with Gasteiger partial charge in [0.15, 0.2) is 0 Å². The van der Waals surface area contributed by atoms with Gasteiger partial charge >= 0.3 is 0 Å². The third-order valence-corrected chi connectivity index (χ3v) is 3.26. The van der Waals surface area contributed by atoms with Gasteiger partial charge in [0.2, 0.25) is 0 Å². The molecule has 14 heavy (non-hydrogen) atoms. The summed E-state index contributed by atoms with van der Waals surface area (Å²) in [5.74, 6) is 0. The normalized spacial score (nSPS) is 34.4. The Kier molecular flexibility index (Phi) is 2.79. The van der Waals surface area contributed by atoms with E-state index >= 15 is 0 Å². The summed E-state index contributed by atoms with van der Waals surface area (Å²) in [6, 6.07) is 0.343. The minimum absolute atomic E-state index is 0.184. The Labute approximate surface area is 84.1 Å². The number of hydrogen-bond acceptors (Lipinski definition) is 5. The van der Waals surface area contributed by atoms with E-state index in [1.54, 1.807) is 0 Å². The van der Waals surface area contributed by atoms with Gasteiger partial charge in [-0.25, -0.2) is 0 Å². The SMILES string of the molecule is CS(=O)(=O)O[C@@H]1C[C@@H]2COCCN2C1. The first-order chi connectivity index (χ1) is 6.54. The summed E-state index contributed by atoms with van der Waals surface area (Å²) < 4.78 is 32.1. The molecule has 0 bridgehead atoms. The minimum Gasteiger partial charge on any atom is -0.378 e. The van der Waals surface area contributed by atoms with Crippen LogP contribution in [0, 0.1) is 0 Å². The fourth-order valence-corrected chi connectivity index (χ4v) is 2.74. The van der Waals surface area contributed by atoms with E-state index in [1.165, 1.54) is 0 Å². The number of morpholine rings is 1. The second-order valence-electron chi connectivity index (χ2n) is 3.88. The Balaban J connectivity index is 1.93. The molecule has 0 aliphatic carbocycles. The van der Waals surface area contributed by atoms with Crippen LogP contribution in [0.4, 0.5) is 0 Å². The summed E-state index contributed by atoms with van der Waals surface area (Å²) in [6.45, 7) is 3.03. The molecule has 0 amide bonds. The molecule has 0 unspecified atom stereocenters. The first-order valence-electron chi connectivity index (χ1n) is 4.74. The molecule has 82 valence electrons. The number of rotatable bonds is 2. The van der Waals surface area contributed by atoms with Crippen LogP contribution < -0.4 is 0 Å². The quantitative estimate of drug-likeness (QED) is 0.585. The molecule has 2 heterocycles. The summed E-state index contributed by atoms with van der Waals surface area (Å²) in [5.41, 5.74) is 0. The van der Waals surface area contributed by atoms with Crippen LogP contribution in [0.3, 0.4) is 0 Å². The molecule has 2 rings (SSSR count). The predicted octanol–water partition coefficient (Wildman–Crippen LogP) is -0.564. The number of hydrogen-bond donors (Lipinski definition) is 0. The summed E-state index contributed by atoms with van der Waals surface area (Å²) in [6.07, 6.45) is 1.67. The number of fused-ring (bicyclic) bond motifs is 1. The molecule has 0 N–H and O–H groups in total. The van der Waals surface area contributed by atoms with Crippen molar-refractivity contribution in [1.29, 1.82) is 0 Å². The molecule has 2 atom stereocenters. The van der Waals surface area contributed by atoms with E-state index in [-0.39, 0.29) is 6.10 Å². The molecule has 0 aromatic rings. The predicted molar refractivity (Wildman–Crippen MR) is 50.5 cm³/mol. The van der Waals surface area contributed by atoms with Crippen LogP contribution in [-0.4, -0.2) is 58.0 Å². The van der Waals surface area contributed by atoms with Gasteiger partial charge in [0.05, 0.1) is 25.6 Å². The van der Waals surface area contributed by atoms with Crippen molar-refractivity contribution in [2.24, 2.45) is 0 Å². The van der Waals surface area contributed by atoms with E-state index in [2.05, 4.69) is 4.90 Å². The second kappa shape index (κ2) is 3.77. The van der Waals surface area contributed by atoms with E-state index < -0.39 is 10.1 Å². The van der Waals surface area contributed by atoms with Crippen molar-refractivity contribution in [2.45, 2.75) is 18.6 Å². The lowest BCUT2D eigenvalue weighted by Crippen LogP contribution is -2.40. The highest BCUT2D eigenvalue weighted by molar-refractivity contribution is 7.86. The average Bonchev–Trinajstić information content (AvgIpc) is 2.42. The van der Waals surface area contributed by atoms with Gasteiger partial charge in [0.1, 0.15) is 0 Å². The molecule has 2 aliphatic heterocycles. The highest BCUT2D eigenvalue weighted by Crippen LogP contribution is 2.23. The maximum atomic E-state index is 10.9. The highest BCUT2D eigenvalue weighted by atomic mass is 32.2. The number of ether oxygens (including phenoxy) is 1. The third kappa shape index (κ3) is 2.44. The van der Waals surface area contributed by atoms with Crippen molar-refractivity contribution >= 4 is 10.1 Å². The molecule has 5 nitrogen and oxygen atoms in total. The summed E-state index contributed by atoms with van der Waals surface area (Å²) >= 11 is 0. The monoisotopic (exact) mass is 221 g/mol. The molecule has 0 saturated carbocycles. The van der Waals surface area contributed by atoms with Gasteiger partial charge < -0.3 is 4.74 Å². The van der Waals surface area contributed by atoms with Crippen LogP contribution in [-0.2, 0) is 19.0 Å². The van der Waals surface area contributed by atoms with E-state index in [9.17, 15) is 8.42 Å². The van der Waals surface area contributed by atoms with E-state index in [4.69, 9.17) is 8.92 Å². The summed E-state index contributed by atoms with van der Waals surface area (Å²) in [4.78, 5) is 2.24. The van der Waals surface area contributed by atoms with Crippen molar-refractivity contribution in [3.05, 3.63) is 0 Å². The van der Waals surface area contributed by atoms with Gasteiger partial charge in [-0.05, 0) is 6.42 Å². The zero-order valence-electron chi connectivity index (χ0n) is 8.18. The Morgan fingerprint density at radius 3 is 2.93 bits per heavy atom. The van der Waals surface area contributed by atoms with Gasteiger partial charge in [-0.3, -0.25) is 9.08 Å². The van der Waals surface area contributed by atoms with Crippen molar-refractivity contribution in [3.63, 3.8) is 0 Å². The maximum absolute atomic E-state index is 10.9. The standard InChI is InChI=1S/C8H15NO4S/c1-14(10,11)13-8-4-7-6-12-3-2-9(7)5-8/h7-8H,2-6H2,1H3/t7-,8-/m1/s1. The Morgan fingerprint density at radius 2 is 2.29 bits per heavy atom. The van der Waals surface area contributed by atoms with Crippen LogP contribution in [0.1, 0.15) is 6.42 Å². The maximum Gasteiger partial charge on any atom is 0.264 e. The van der Waals surface area contributed by atoms with Crippen LogP contribution in [0.2, 0.25) is 0 Å². The lowest BCUT2D eigenvalue weighted by atomic mass is 10.2. The van der Waals surface area contributed by atoms with Crippen LogP contribution >= 0.6 is 0 Å². The largest absolute Gasteiger partial charge is 0.378 e. The molecule has 0 spiro atoms. The van der Waals surface area contributed by atoms with Crippen molar-refractivity contribution in [2.75, 3.05) is 32.6 Å². The van der Waals surface area contributed by atoms with E-state index in [1.807, 2.05) is 0 Å². The van der Waals surface area contributed by atoms with Gasteiger partial charge in [0.25, 0.3) is 10.1 Å². The molecule has 0 aromatic carbocycles. The van der Waals surface area contributed by atoms with Crippen molar-refractivity contribution < 1.29 is 17.3 Å². The Morgan fingerprint density at radius 1 is 1.50 bits per heavy atom. The first kappa shape index (κ1) is 10.4. The van der Waals surface area contributed by atoms with Crippen LogP contribution in [0.25, 0.3) is 0 Å². The molecular weight excluding hydrogens is 206 g/mol. The average molecular weight is 221 g/mol. The minimum atomic E-state index is -3.32. The highest BCUT2D eigenvalue weighted by Gasteiger charge is 2.36. The molecule has 6 heteroatoms.